The van der Waals surface area contributed by atoms with Crippen molar-refractivity contribution < 1.29 is 4.79 Å². The first kappa shape index (κ1) is 13.5. The molecule has 1 aliphatic rings. The summed E-state index contributed by atoms with van der Waals surface area (Å²) in [6.45, 7) is 3.90. The lowest BCUT2D eigenvalue weighted by molar-refractivity contribution is -0.132. The number of carbonyl (C=O) groups is 1. The summed E-state index contributed by atoms with van der Waals surface area (Å²) in [4.78, 5) is 13.8. The van der Waals surface area contributed by atoms with Crippen LogP contribution in [0.3, 0.4) is 0 Å². The second kappa shape index (κ2) is 7.66. The molecule has 1 rings (SSSR count). The molecule has 1 fully saturated rings. The van der Waals surface area contributed by atoms with Crippen molar-refractivity contribution in [2.24, 2.45) is 5.73 Å². The maximum absolute atomic E-state index is 11.8. The topological polar surface area (TPSA) is 46.3 Å². The van der Waals surface area contributed by atoms with E-state index in [1.165, 1.54) is 25.7 Å². The number of carbonyl (C=O) groups excluding carboxylic acids is 1. The number of nitrogens with zero attached hydrogens (tertiary/aromatic N) is 1. The standard InChI is InChI=1S/C13H26N2O/c1-2-3-4-5-6-9-13(16)15-10-7-8-12(14)11-15/h12H,2-11,14H2,1H3/t12-/m1/s1. The molecule has 1 atom stereocenters. The molecule has 0 unspecified atom stereocenters. The lowest BCUT2D eigenvalue weighted by Gasteiger charge is -2.30. The van der Waals surface area contributed by atoms with E-state index in [4.69, 9.17) is 5.73 Å². The summed E-state index contributed by atoms with van der Waals surface area (Å²) in [5.74, 6) is 0.312. The Morgan fingerprint density at radius 2 is 2.06 bits per heavy atom. The highest BCUT2D eigenvalue weighted by molar-refractivity contribution is 5.76. The van der Waals surface area contributed by atoms with Crippen molar-refractivity contribution in [2.75, 3.05) is 13.1 Å². The van der Waals surface area contributed by atoms with Gasteiger partial charge in [-0.2, -0.15) is 0 Å². The number of unbranched alkanes of at least 4 members (excludes halogenated alkanes) is 4. The fraction of sp³-hybridized carbons (Fsp3) is 0.923. The number of likely N-dealkylation sites (tertiary alicyclic amines) is 1. The van der Waals surface area contributed by atoms with E-state index < -0.39 is 0 Å². The highest BCUT2D eigenvalue weighted by Gasteiger charge is 2.20. The monoisotopic (exact) mass is 226 g/mol. The van der Waals surface area contributed by atoms with Crippen LogP contribution >= 0.6 is 0 Å². The van der Waals surface area contributed by atoms with Crippen LogP contribution in [-0.2, 0) is 4.79 Å². The summed E-state index contributed by atoms with van der Waals surface area (Å²) in [6.07, 6.45) is 8.92. The molecule has 0 aromatic carbocycles. The largest absolute Gasteiger partial charge is 0.341 e. The van der Waals surface area contributed by atoms with Crippen molar-refractivity contribution >= 4 is 5.91 Å². The molecule has 3 heteroatoms. The molecule has 2 N–H and O–H groups in total. The lowest BCUT2D eigenvalue weighted by Crippen LogP contribution is -2.45. The molecule has 0 radical (unpaired) electrons. The molecule has 0 aliphatic carbocycles. The van der Waals surface area contributed by atoms with Crippen molar-refractivity contribution in [3.63, 3.8) is 0 Å². The zero-order valence-corrected chi connectivity index (χ0v) is 10.6. The van der Waals surface area contributed by atoms with Gasteiger partial charge in [-0.15, -0.1) is 0 Å². The van der Waals surface area contributed by atoms with Crippen molar-refractivity contribution in [3.8, 4) is 0 Å². The second-order valence-electron chi connectivity index (χ2n) is 4.91. The van der Waals surface area contributed by atoms with Crippen LogP contribution in [0.2, 0.25) is 0 Å². The van der Waals surface area contributed by atoms with Gasteiger partial charge in [-0.25, -0.2) is 0 Å². The normalized spacial score (nSPS) is 21.1. The maximum atomic E-state index is 11.8. The second-order valence-corrected chi connectivity index (χ2v) is 4.91. The van der Waals surface area contributed by atoms with E-state index in [9.17, 15) is 4.79 Å². The molecule has 1 saturated heterocycles. The number of nitrogens with two attached hydrogens (primary N) is 1. The Labute approximate surface area is 99.4 Å². The van der Waals surface area contributed by atoms with Crippen LogP contribution in [0.4, 0.5) is 0 Å². The van der Waals surface area contributed by atoms with Crippen LogP contribution in [0, 0.1) is 0 Å². The summed E-state index contributed by atoms with van der Waals surface area (Å²) in [5, 5.41) is 0. The summed E-state index contributed by atoms with van der Waals surface area (Å²) < 4.78 is 0. The Kier molecular flexibility index (Phi) is 6.46. The third kappa shape index (κ3) is 4.97. The molecule has 94 valence electrons. The highest BCUT2D eigenvalue weighted by Crippen LogP contribution is 2.12. The molecule has 0 saturated carbocycles. The van der Waals surface area contributed by atoms with Gasteiger partial charge in [-0.1, -0.05) is 32.6 Å². The zero-order valence-electron chi connectivity index (χ0n) is 10.6. The molecule has 0 aromatic heterocycles. The molecule has 1 heterocycles. The molecule has 0 bridgehead atoms. The molecule has 16 heavy (non-hydrogen) atoms. The van der Waals surface area contributed by atoms with E-state index in [1.54, 1.807) is 0 Å². The lowest BCUT2D eigenvalue weighted by atomic mass is 10.1. The van der Waals surface area contributed by atoms with E-state index in [0.717, 1.165) is 38.8 Å². The molecule has 3 nitrogen and oxygen atoms in total. The molecule has 0 aromatic rings. The van der Waals surface area contributed by atoms with Crippen LogP contribution in [0.15, 0.2) is 0 Å². The predicted octanol–water partition coefficient (Wildman–Crippen LogP) is 2.30. The Morgan fingerprint density at radius 3 is 2.75 bits per heavy atom. The summed E-state index contributed by atoms with van der Waals surface area (Å²) in [5.41, 5.74) is 5.86. The van der Waals surface area contributed by atoms with Crippen molar-refractivity contribution in [3.05, 3.63) is 0 Å². The van der Waals surface area contributed by atoms with Crippen LogP contribution in [0.25, 0.3) is 0 Å². The van der Waals surface area contributed by atoms with Crippen LogP contribution < -0.4 is 5.73 Å². The average molecular weight is 226 g/mol. The molecular formula is C13H26N2O. The average Bonchev–Trinajstić information content (AvgIpc) is 2.28. The van der Waals surface area contributed by atoms with Gasteiger partial charge in [0, 0.05) is 25.6 Å². The third-order valence-corrected chi connectivity index (χ3v) is 3.30. The quantitative estimate of drug-likeness (QED) is 0.706. The first-order valence-electron chi connectivity index (χ1n) is 6.77. The predicted molar refractivity (Wildman–Crippen MR) is 67.2 cm³/mol. The molecule has 1 amide bonds. The minimum atomic E-state index is 0.206. The van der Waals surface area contributed by atoms with Crippen molar-refractivity contribution in [1.82, 2.24) is 4.90 Å². The Bertz CT molecular complexity index is 206. The summed E-state index contributed by atoms with van der Waals surface area (Å²) >= 11 is 0. The number of hydrogen-bond donors (Lipinski definition) is 1. The van der Waals surface area contributed by atoms with Gasteiger partial charge < -0.3 is 10.6 Å². The summed E-state index contributed by atoms with van der Waals surface area (Å²) in [7, 11) is 0. The Morgan fingerprint density at radius 1 is 1.31 bits per heavy atom. The van der Waals surface area contributed by atoms with Gasteiger partial charge in [-0.3, -0.25) is 4.79 Å². The number of rotatable bonds is 6. The SMILES string of the molecule is CCCCCCCC(=O)N1CCC[C@@H](N)C1. The van der Waals surface area contributed by atoms with Gasteiger partial charge in [0.05, 0.1) is 0 Å². The van der Waals surface area contributed by atoms with E-state index in [2.05, 4.69) is 6.92 Å². The van der Waals surface area contributed by atoms with E-state index in [1.807, 2.05) is 4.90 Å². The van der Waals surface area contributed by atoms with Gasteiger partial charge in [0.15, 0.2) is 0 Å². The van der Waals surface area contributed by atoms with Gasteiger partial charge in [0.1, 0.15) is 0 Å². The van der Waals surface area contributed by atoms with Crippen LogP contribution in [-0.4, -0.2) is 29.9 Å². The maximum Gasteiger partial charge on any atom is 0.222 e. The number of hydrogen-bond acceptors (Lipinski definition) is 2. The minimum Gasteiger partial charge on any atom is -0.341 e. The fourth-order valence-electron chi connectivity index (χ4n) is 2.27. The Hall–Kier alpha value is -0.570. The zero-order chi connectivity index (χ0) is 11.8. The number of piperidine rings is 1. The minimum absolute atomic E-state index is 0.206. The molecule has 0 spiro atoms. The molecule has 1 aliphatic heterocycles. The number of amides is 1. The highest BCUT2D eigenvalue weighted by atomic mass is 16.2. The van der Waals surface area contributed by atoms with Crippen LogP contribution in [0.5, 0.6) is 0 Å². The molecular weight excluding hydrogens is 200 g/mol. The first-order valence-corrected chi connectivity index (χ1v) is 6.77. The van der Waals surface area contributed by atoms with Gasteiger partial charge in [0.25, 0.3) is 0 Å². The van der Waals surface area contributed by atoms with Gasteiger partial charge in [0.2, 0.25) is 5.91 Å². The van der Waals surface area contributed by atoms with Crippen LogP contribution in [0.1, 0.15) is 58.3 Å². The first-order chi connectivity index (χ1) is 7.74. The van der Waals surface area contributed by atoms with E-state index in [-0.39, 0.29) is 6.04 Å². The summed E-state index contributed by atoms with van der Waals surface area (Å²) in [6, 6.07) is 0.206. The van der Waals surface area contributed by atoms with Crippen molar-refractivity contribution in [1.29, 1.82) is 0 Å². The Balaban J connectivity index is 2.09. The smallest absolute Gasteiger partial charge is 0.222 e. The van der Waals surface area contributed by atoms with Gasteiger partial charge >= 0.3 is 0 Å². The third-order valence-electron chi connectivity index (χ3n) is 3.30. The van der Waals surface area contributed by atoms with Gasteiger partial charge in [-0.05, 0) is 19.3 Å². The van der Waals surface area contributed by atoms with E-state index >= 15 is 0 Å². The van der Waals surface area contributed by atoms with E-state index in [0.29, 0.717) is 5.91 Å². The fourth-order valence-corrected chi connectivity index (χ4v) is 2.27. The van der Waals surface area contributed by atoms with Crippen molar-refractivity contribution in [2.45, 2.75) is 64.3 Å².